The van der Waals surface area contributed by atoms with Crippen LogP contribution in [-0.2, 0) is 11.3 Å². The van der Waals surface area contributed by atoms with E-state index in [1.807, 2.05) is 10.9 Å². The molecule has 5 heteroatoms. The molecule has 140 valence electrons. The number of pyridine rings is 1. The van der Waals surface area contributed by atoms with Crippen LogP contribution in [0, 0.1) is 6.92 Å². The lowest BCUT2D eigenvalue weighted by atomic mass is 10.1. The number of morpholine rings is 1. The summed E-state index contributed by atoms with van der Waals surface area (Å²) in [6, 6.07) is 14.7. The van der Waals surface area contributed by atoms with Crippen molar-refractivity contribution in [1.82, 2.24) is 19.7 Å². The highest BCUT2D eigenvalue weighted by molar-refractivity contribution is 5.69. The highest BCUT2D eigenvalue weighted by atomic mass is 16.5. The Labute approximate surface area is 160 Å². The van der Waals surface area contributed by atoms with Crippen LogP contribution in [0.5, 0.6) is 0 Å². The van der Waals surface area contributed by atoms with Crippen molar-refractivity contribution in [1.29, 1.82) is 0 Å². The number of hydrogen-bond donors (Lipinski definition) is 0. The summed E-state index contributed by atoms with van der Waals surface area (Å²) in [4.78, 5) is 7.00. The van der Waals surface area contributed by atoms with Gasteiger partial charge in [0.05, 0.1) is 24.6 Å². The molecule has 1 aromatic carbocycles. The molecule has 3 heterocycles. The summed E-state index contributed by atoms with van der Waals surface area (Å²) in [5, 5.41) is 4.77. The second-order valence-corrected chi connectivity index (χ2v) is 7.07. The molecule has 3 aromatic rings. The molecule has 1 fully saturated rings. The lowest BCUT2D eigenvalue weighted by Gasteiger charge is -2.26. The zero-order chi connectivity index (χ0) is 18.5. The van der Waals surface area contributed by atoms with E-state index in [4.69, 9.17) is 9.84 Å². The Morgan fingerprint density at radius 3 is 2.56 bits per heavy atom. The minimum Gasteiger partial charge on any atom is -0.379 e. The van der Waals surface area contributed by atoms with Crippen molar-refractivity contribution in [3.05, 3.63) is 60.4 Å². The van der Waals surface area contributed by atoms with Crippen LogP contribution in [0.2, 0.25) is 0 Å². The van der Waals surface area contributed by atoms with Crippen molar-refractivity contribution in [2.24, 2.45) is 0 Å². The molecule has 1 aliphatic rings. The minimum atomic E-state index is 0.859. The van der Waals surface area contributed by atoms with Crippen LogP contribution < -0.4 is 0 Å². The Bertz CT molecular complexity index is 866. The third-order valence-electron chi connectivity index (χ3n) is 4.97. The molecule has 0 unspecified atom stereocenters. The van der Waals surface area contributed by atoms with E-state index in [9.17, 15) is 0 Å². The molecule has 0 aliphatic carbocycles. The Balaban J connectivity index is 1.40. The number of ether oxygens (including phenoxy) is 1. The molecular weight excluding hydrogens is 336 g/mol. The van der Waals surface area contributed by atoms with Crippen LogP contribution in [-0.4, -0.2) is 52.5 Å². The van der Waals surface area contributed by atoms with Crippen LogP contribution in [0.1, 0.15) is 12.0 Å². The molecular formula is C22H26N4O. The fourth-order valence-corrected chi connectivity index (χ4v) is 3.40. The molecule has 0 spiro atoms. The average Bonchev–Trinajstić information content (AvgIpc) is 3.18. The maximum atomic E-state index is 5.40. The molecule has 4 rings (SSSR count). The van der Waals surface area contributed by atoms with Gasteiger partial charge in [0, 0.05) is 49.7 Å². The van der Waals surface area contributed by atoms with Gasteiger partial charge in [-0.15, -0.1) is 0 Å². The van der Waals surface area contributed by atoms with Gasteiger partial charge in [0.25, 0.3) is 0 Å². The van der Waals surface area contributed by atoms with E-state index >= 15 is 0 Å². The zero-order valence-electron chi connectivity index (χ0n) is 15.8. The molecule has 2 aromatic heterocycles. The standard InChI is InChI=1S/C22H26N4O/c1-18-6-7-21(23-17-18)19-4-2-5-20(16-19)22-8-11-26(24-22)10-3-9-25-12-14-27-15-13-25/h2,4-8,11,16-17H,3,9-10,12-15H2,1H3. The molecule has 0 amide bonds. The van der Waals surface area contributed by atoms with E-state index in [2.05, 4.69) is 65.5 Å². The molecule has 0 N–H and O–H groups in total. The van der Waals surface area contributed by atoms with Gasteiger partial charge in [-0.1, -0.05) is 24.3 Å². The maximum Gasteiger partial charge on any atom is 0.0923 e. The highest BCUT2D eigenvalue weighted by Gasteiger charge is 2.10. The molecule has 0 bridgehead atoms. The van der Waals surface area contributed by atoms with Crippen molar-refractivity contribution in [3.8, 4) is 22.5 Å². The van der Waals surface area contributed by atoms with Gasteiger partial charge in [-0.05, 0) is 37.1 Å². The second-order valence-electron chi connectivity index (χ2n) is 7.07. The molecule has 27 heavy (non-hydrogen) atoms. The predicted molar refractivity (Wildman–Crippen MR) is 108 cm³/mol. The van der Waals surface area contributed by atoms with Gasteiger partial charge < -0.3 is 4.74 Å². The Morgan fingerprint density at radius 1 is 0.963 bits per heavy atom. The number of aryl methyl sites for hydroxylation is 2. The van der Waals surface area contributed by atoms with E-state index < -0.39 is 0 Å². The predicted octanol–water partition coefficient (Wildman–Crippen LogP) is 3.64. The van der Waals surface area contributed by atoms with Crippen LogP contribution in [0.15, 0.2) is 54.9 Å². The Hall–Kier alpha value is -2.50. The van der Waals surface area contributed by atoms with Crippen LogP contribution in [0.25, 0.3) is 22.5 Å². The summed E-state index contributed by atoms with van der Waals surface area (Å²) in [6.45, 7) is 7.91. The van der Waals surface area contributed by atoms with Crippen LogP contribution >= 0.6 is 0 Å². The zero-order valence-corrected chi connectivity index (χ0v) is 15.8. The average molecular weight is 362 g/mol. The van der Waals surface area contributed by atoms with E-state index in [0.717, 1.165) is 68.3 Å². The van der Waals surface area contributed by atoms with E-state index in [1.165, 1.54) is 5.56 Å². The molecule has 0 atom stereocenters. The van der Waals surface area contributed by atoms with Crippen LogP contribution in [0.3, 0.4) is 0 Å². The van der Waals surface area contributed by atoms with Gasteiger partial charge in [0.1, 0.15) is 0 Å². The van der Waals surface area contributed by atoms with Crippen molar-refractivity contribution in [2.75, 3.05) is 32.8 Å². The lowest BCUT2D eigenvalue weighted by molar-refractivity contribution is 0.0368. The van der Waals surface area contributed by atoms with Crippen molar-refractivity contribution in [3.63, 3.8) is 0 Å². The minimum absolute atomic E-state index is 0.859. The highest BCUT2D eigenvalue weighted by Crippen LogP contribution is 2.24. The summed E-state index contributed by atoms with van der Waals surface area (Å²) < 4.78 is 7.45. The third kappa shape index (κ3) is 4.62. The first kappa shape index (κ1) is 17.9. The summed E-state index contributed by atoms with van der Waals surface area (Å²) in [7, 11) is 0. The number of aromatic nitrogens is 3. The fraction of sp³-hybridized carbons (Fsp3) is 0.364. The van der Waals surface area contributed by atoms with E-state index in [1.54, 1.807) is 0 Å². The lowest BCUT2D eigenvalue weighted by Crippen LogP contribution is -2.37. The Kier molecular flexibility index (Phi) is 5.61. The van der Waals surface area contributed by atoms with Gasteiger partial charge in [-0.2, -0.15) is 5.10 Å². The van der Waals surface area contributed by atoms with Crippen molar-refractivity contribution >= 4 is 0 Å². The summed E-state index contributed by atoms with van der Waals surface area (Å²) >= 11 is 0. The van der Waals surface area contributed by atoms with Crippen molar-refractivity contribution in [2.45, 2.75) is 19.9 Å². The van der Waals surface area contributed by atoms with E-state index in [-0.39, 0.29) is 0 Å². The number of nitrogens with zero attached hydrogens (tertiary/aromatic N) is 4. The molecule has 0 radical (unpaired) electrons. The monoisotopic (exact) mass is 362 g/mol. The first-order valence-electron chi connectivity index (χ1n) is 9.65. The molecule has 1 saturated heterocycles. The van der Waals surface area contributed by atoms with Crippen molar-refractivity contribution < 1.29 is 4.74 Å². The maximum absolute atomic E-state index is 5.40. The Morgan fingerprint density at radius 2 is 1.78 bits per heavy atom. The third-order valence-corrected chi connectivity index (χ3v) is 4.97. The first-order chi connectivity index (χ1) is 13.3. The molecule has 5 nitrogen and oxygen atoms in total. The fourth-order valence-electron chi connectivity index (χ4n) is 3.40. The van der Waals surface area contributed by atoms with Gasteiger partial charge in [0.15, 0.2) is 0 Å². The normalized spacial score (nSPS) is 15.1. The topological polar surface area (TPSA) is 43.2 Å². The molecule has 1 aliphatic heterocycles. The SMILES string of the molecule is Cc1ccc(-c2cccc(-c3ccn(CCCN4CCOCC4)n3)c2)nc1. The van der Waals surface area contributed by atoms with Gasteiger partial charge >= 0.3 is 0 Å². The van der Waals surface area contributed by atoms with Gasteiger partial charge in [-0.3, -0.25) is 14.6 Å². The number of hydrogen-bond acceptors (Lipinski definition) is 4. The first-order valence-corrected chi connectivity index (χ1v) is 9.65. The summed E-state index contributed by atoms with van der Waals surface area (Å²) in [5.74, 6) is 0. The molecule has 0 saturated carbocycles. The summed E-state index contributed by atoms with van der Waals surface area (Å²) in [5.41, 5.74) is 5.42. The van der Waals surface area contributed by atoms with Gasteiger partial charge in [-0.25, -0.2) is 0 Å². The smallest absolute Gasteiger partial charge is 0.0923 e. The van der Waals surface area contributed by atoms with Crippen LogP contribution in [0.4, 0.5) is 0 Å². The van der Waals surface area contributed by atoms with Gasteiger partial charge in [0.2, 0.25) is 0 Å². The van der Waals surface area contributed by atoms with E-state index in [0.29, 0.717) is 0 Å². The number of rotatable bonds is 6. The quantitative estimate of drug-likeness (QED) is 0.671. The second kappa shape index (κ2) is 8.46. The summed E-state index contributed by atoms with van der Waals surface area (Å²) in [6.07, 6.45) is 5.09. The largest absolute Gasteiger partial charge is 0.379 e. The number of benzene rings is 1.